The van der Waals surface area contributed by atoms with Gasteiger partial charge in [0.05, 0.1) is 11.4 Å². The van der Waals surface area contributed by atoms with Crippen molar-refractivity contribution in [2.45, 2.75) is 6.92 Å². The molecule has 0 unspecified atom stereocenters. The van der Waals surface area contributed by atoms with Crippen LogP contribution < -0.4 is 5.32 Å². The molecule has 0 atom stereocenters. The van der Waals surface area contributed by atoms with E-state index in [9.17, 15) is 4.79 Å². The Morgan fingerprint density at radius 3 is 2.68 bits per heavy atom. The Morgan fingerprint density at radius 1 is 1.32 bits per heavy atom. The summed E-state index contributed by atoms with van der Waals surface area (Å²) in [7, 11) is 0. The molecule has 98 valence electrons. The average Bonchev–Trinajstić information content (AvgIpc) is 2.85. The van der Waals surface area contributed by atoms with Crippen LogP contribution in [0.1, 0.15) is 23.0 Å². The molecule has 0 saturated carbocycles. The molecule has 2 rings (SSSR count). The summed E-state index contributed by atoms with van der Waals surface area (Å²) >= 11 is 5.61. The molecular weight excluding hydrogens is 268 g/mol. The third-order valence-electron chi connectivity index (χ3n) is 2.51. The zero-order valence-corrected chi connectivity index (χ0v) is 10.8. The van der Waals surface area contributed by atoms with E-state index in [1.54, 1.807) is 31.2 Å². The number of benzene rings is 1. The SMILES string of the molecule is C/C(=N/O)c1ccccc1NC(=O)c1ccc(Cl)o1. The Balaban J connectivity index is 2.27. The highest BCUT2D eigenvalue weighted by Crippen LogP contribution is 2.19. The fourth-order valence-corrected chi connectivity index (χ4v) is 1.73. The van der Waals surface area contributed by atoms with Crippen LogP contribution in [-0.2, 0) is 0 Å². The molecule has 0 spiro atoms. The van der Waals surface area contributed by atoms with Crippen molar-refractivity contribution in [1.82, 2.24) is 0 Å². The number of amides is 1. The molecule has 0 saturated heterocycles. The second-order valence-corrected chi connectivity index (χ2v) is 4.16. The molecule has 0 bridgehead atoms. The standard InChI is InChI=1S/C13H11ClN2O3/c1-8(16-18)9-4-2-3-5-10(9)15-13(17)11-6-7-12(14)19-11/h2-7,18H,1H3,(H,15,17)/b16-8-. The number of carbonyl (C=O) groups is 1. The first kappa shape index (κ1) is 13.2. The van der Waals surface area contributed by atoms with Gasteiger partial charge in [0.25, 0.3) is 5.91 Å². The second kappa shape index (κ2) is 5.58. The van der Waals surface area contributed by atoms with Gasteiger partial charge in [-0.15, -0.1) is 0 Å². The van der Waals surface area contributed by atoms with Gasteiger partial charge in [-0.2, -0.15) is 0 Å². The summed E-state index contributed by atoms with van der Waals surface area (Å²) in [4.78, 5) is 11.9. The summed E-state index contributed by atoms with van der Waals surface area (Å²) in [6.45, 7) is 1.63. The van der Waals surface area contributed by atoms with Crippen molar-refractivity contribution >= 4 is 28.9 Å². The number of nitrogens with one attached hydrogen (secondary N) is 1. The van der Waals surface area contributed by atoms with Gasteiger partial charge in [-0.3, -0.25) is 4.79 Å². The lowest BCUT2D eigenvalue weighted by molar-refractivity contribution is 0.0996. The maximum atomic E-state index is 11.9. The van der Waals surface area contributed by atoms with Crippen molar-refractivity contribution < 1.29 is 14.4 Å². The van der Waals surface area contributed by atoms with Crippen molar-refractivity contribution in [3.63, 3.8) is 0 Å². The zero-order chi connectivity index (χ0) is 13.8. The van der Waals surface area contributed by atoms with Crippen LogP contribution in [0, 0.1) is 0 Å². The maximum absolute atomic E-state index is 11.9. The number of furan rings is 1. The summed E-state index contributed by atoms with van der Waals surface area (Å²) < 4.78 is 5.02. The number of nitrogens with zero attached hydrogens (tertiary/aromatic N) is 1. The topological polar surface area (TPSA) is 74.8 Å². The van der Waals surface area contributed by atoms with Gasteiger partial charge in [0.15, 0.2) is 11.0 Å². The lowest BCUT2D eigenvalue weighted by Crippen LogP contribution is -2.13. The van der Waals surface area contributed by atoms with Crippen molar-refractivity contribution in [3.05, 3.63) is 52.9 Å². The van der Waals surface area contributed by atoms with Gasteiger partial charge in [0, 0.05) is 5.56 Å². The fraction of sp³-hybridized carbons (Fsp3) is 0.0769. The van der Waals surface area contributed by atoms with Crippen LogP contribution in [0.2, 0.25) is 5.22 Å². The molecule has 0 aliphatic rings. The minimum absolute atomic E-state index is 0.110. The number of hydrogen-bond donors (Lipinski definition) is 2. The van der Waals surface area contributed by atoms with E-state index in [1.807, 2.05) is 0 Å². The Kier molecular flexibility index (Phi) is 3.87. The molecule has 0 aliphatic carbocycles. The predicted molar refractivity (Wildman–Crippen MR) is 72.1 cm³/mol. The molecule has 0 radical (unpaired) electrons. The minimum atomic E-state index is -0.426. The highest BCUT2D eigenvalue weighted by Gasteiger charge is 2.13. The fourth-order valence-electron chi connectivity index (χ4n) is 1.58. The first-order valence-electron chi connectivity index (χ1n) is 5.46. The number of hydrogen-bond acceptors (Lipinski definition) is 4. The van der Waals surface area contributed by atoms with Gasteiger partial charge in [0.1, 0.15) is 0 Å². The van der Waals surface area contributed by atoms with Crippen LogP contribution in [-0.4, -0.2) is 16.8 Å². The van der Waals surface area contributed by atoms with E-state index in [4.69, 9.17) is 21.2 Å². The van der Waals surface area contributed by atoms with Gasteiger partial charge in [-0.25, -0.2) is 0 Å². The van der Waals surface area contributed by atoms with Gasteiger partial charge in [0.2, 0.25) is 0 Å². The quantitative estimate of drug-likeness (QED) is 0.513. The molecule has 0 fully saturated rings. The second-order valence-electron chi connectivity index (χ2n) is 3.79. The summed E-state index contributed by atoms with van der Waals surface area (Å²) in [6, 6.07) is 9.95. The zero-order valence-electron chi connectivity index (χ0n) is 10.1. The summed E-state index contributed by atoms with van der Waals surface area (Å²) in [6.07, 6.45) is 0. The van der Waals surface area contributed by atoms with Gasteiger partial charge in [-0.1, -0.05) is 23.4 Å². The molecule has 1 aromatic heterocycles. The summed E-state index contributed by atoms with van der Waals surface area (Å²) in [5.41, 5.74) is 1.54. The van der Waals surface area contributed by atoms with Crippen molar-refractivity contribution in [2.75, 3.05) is 5.32 Å². The smallest absolute Gasteiger partial charge is 0.291 e. The highest BCUT2D eigenvalue weighted by molar-refractivity contribution is 6.29. The lowest BCUT2D eigenvalue weighted by Gasteiger charge is -2.08. The number of halogens is 1. The van der Waals surface area contributed by atoms with Crippen molar-refractivity contribution in [2.24, 2.45) is 5.16 Å². The monoisotopic (exact) mass is 278 g/mol. The Labute approximate surface area is 114 Å². The van der Waals surface area contributed by atoms with Crippen LogP contribution >= 0.6 is 11.6 Å². The third-order valence-corrected chi connectivity index (χ3v) is 2.72. The Morgan fingerprint density at radius 2 is 2.05 bits per heavy atom. The maximum Gasteiger partial charge on any atom is 0.291 e. The number of rotatable bonds is 3. The molecular formula is C13H11ClN2O3. The van der Waals surface area contributed by atoms with Gasteiger partial charge < -0.3 is 14.9 Å². The number of carbonyl (C=O) groups excluding carboxylic acids is 1. The molecule has 1 heterocycles. The van der Waals surface area contributed by atoms with E-state index in [0.717, 1.165) is 0 Å². The lowest BCUT2D eigenvalue weighted by atomic mass is 10.1. The highest BCUT2D eigenvalue weighted by atomic mass is 35.5. The third kappa shape index (κ3) is 2.95. The van der Waals surface area contributed by atoms with Crippen LogP contribution in [0.15, 0.2) is 46.0 Å². The largest absolute Gasteiger partial charge is 0.440 e. The molecule has 19 heavy (non-hydrogen) atoms. The summed E-state index contributed by atoms with van der Waals surface area (Å²) in [5, 5.41) is 14.7. The number of para-hydroxylation sites is 1. The van der Waals surface area contributed by atoms with Gasteiger partial charge >= 0.3 is 0 Å². The molecule has 6 heteroatoms. The van der Waals surface area contributed by atoms with Crippen molar-refractivity contribution in [1.29, 1.82) is 0 Å². The van der Waals surface area contributed by atoms with Crippen LogP contribution in [0.4, 0.5) is 5.69 Å². The van der Waals surface area contributed by atoms with E-state index in [2.05, 4.69) is 10.5 Å². The normalized spacial score (nSPS) is 11.4. The van der Waals surface area contributed by atoms with Crippen LogP contribution in [0.3, 0.4) is 0 Å². The van der Waals surface area contributed by atoms with Crippen molar-refractivity contribution in [3.8, 4) is 0 Å². The average molecular weight is 279 g/mol. The van der Waals surface area contributed by atoms with Crippen LogP contribution in [0.25, 0.3) is 0 Å². The molecule has 2 N–H and O–H groups in total. The van der Waals surface area contributed by atoms with Crippen LogP contribution in [0.5, 0.6) is 0 Å². The molecule has 5 nitrogen and oxygen atoms in total. The van der Waals surface area contributed by atoms with E-state index in [0.29, 0.717) is 17.0 Å². The minimum Gasteiger partial charge on any atom is -0.440 e. The number of oxime groups is 1. The Bertz CT molecular complexity index is 634. The molecule has 1 aromatic carbocycles. The van der Waals surface area contributed by atoms with E-state index in [1.165, 1.54) is 12.1 Å². The van der Waals surface area contributed by atoms with E-state index in [-0.39, 0.29) is 11.0 Å². The predicted octanol–water partition coefficient (Wildman–Crippen LogP) is 3.38. The number of anilines is 1. The molecule has 2 aromatic rings. The Hall–Kier alpha value is -2.27. The van der Waals surface area contributed by atoms with Gasteiger partial charge in [-0.05, 0) is 36.7 Å². The summed E-state index contributed by atoms with van der Waals surface area (Å²) in [5.74, 6) is -0.316. The van der Waals surface area contributed by atoms with E-state index < -0.39 is 5.91 Å². The molecule has 0 aliphatic heterocycles. The first-order valence-corrected chi connectivity index (χ1v) is 5.84. The van der Waals surface area contributed by atoms with E-state index >= 15 is 0 Å². The first-order chi connectivity index (χ1) is 9.11. The molecule has 1 amide bonds.